The number of aryl methyl sites for hydroxylation is 1. The molecule has 1 amide bonds. The van der Waals surface area contributed by atoms with Crippen LogP contribution in [0.3, 0.4) is 0 Å². The minimum absolute atomic E-state index is 0.0404. The zero-order valence-electron chi connectivity index (χ0n) is 15.1. The van der Waals surface area contributed by atoms with E-state index in [0.717, 1.165) is 22.4 Å². The zero-order valence-corrected chi connectivity index (χ0v) is 15.1. The molecule has 3 aromatic carbocycles. The fourth-order valence-electron chi connectivity index (χ4n) is 2.55. The van der Waals surface area contributed by atoms with E-state index in [-0.39, 0.29) is 11.7 Å². The molecule has 0 heterocycles. The van der Waals surface area contributed by atoms with E-state index < -0.39 is 0 Å². The Labute approximate surface area is 158 Å². The van der Waals surface area contributed by atoms with Crippen LogP contribution in [0.4, 0.5) is 5.69 Å². The van der Waals surface area contributed by atoms with Crippen LogP contribution in [0.15, 0.2) is 78.9 Å². The van der Waals surface area contributed by atoms with Crippen molar-refractivity contribution < 1.29 is 14.6 Å². The molecule has 0 unspecified atom stereocenters. The lowest BCUT2D eigenvalue weighted by Crippen LogP contribution is -2.08. The molecule has 0 radical (unpaired) electrons. The largest absolute Gasteiger partial charge is 0.506 e. The van der Waals surface area contributed by atoms with Gasteiger partial charge in [-0.05, 0) is 54.0 Å². The van der Waals surface area contributed by atoms with Crippen LogP contribution in [0.25, 0.3) is 6.08 Å². The number of carbonyl (C=O) groups is 1. The SMILES string of the molecule is Cc1ccc(O)c(NC(=O)/C=C/c2cccc(OCc3ccccc3)c2)c1. The number of rotatable bonds is 6. The van der Waals surface area contributed by atoms with E-state index in [1.165, 1.54) is 6.08 Å². The molecule has 0 aromatic heterocycles. The number of ether oxygens (including phenoxy) is 1. The van der Waals surface area contributed by atoms with Gasteiger partial charge in [-0.3, -0.25) is 4.79 Å². The quantitative estimate of drug-likeness (QED) is 0.484. The monoisotopic (exact) mass is 359 g/mol. The standard InChI is InChI=1S/C23H21NO3/c1-17-10-12-22(25)21(14-17)24-23(26)13-11-18-8-5-9-20(15-18)27-16-19-6-3-2-4-7-19/h2-15,25H,16H2,1H3,(H,24,26)/b13-11+. The van der Waals surface area contributed by atoms with Crippen molar-refractivity contribution in [1.82, 2.24) is 0 Å². The highest BCUT2D eigenvalue weighted by Crippen LogP contribution is 2.24. The maximum absolute atomic E-state index is 12.1. The molecule has 0 saturated heterocycles. The molecular formula is C23H21NO3. The van der Waals surface area contributed by atoms with Gasteiger partial charge in [0.2, 0.25) is 5.91 Å². The molecule has 4 nitrogen and oxygen atoms in total. The Morgan fingerprint density at radius 3 is 2.67 bits per heavy atom. The first-order valence-corrected chi connectivity index (χ1v) is 8.65. The minimum atomic E-state index is -0.313. The lowest BCUT2D eigenvalue weighted by molar-refractivity contribution is -0.111. The smallest absolute Gasteiger partial charge is 0.248 e. The van der Waals surface area contributed by atoms with Crippen molar-refractivity contribution in [3.05, 3.63) is 95.6 Å². The molecule has 2 N–H and O–H groups in total. The Morgan fingerprint density at radius 1 is 1.04 bits per heavy atom. The van der Waals surface area contributed by atoms with Gasteiger partial charge in [0.25, 0.3) is 0 Å². The normalized spacial score (nSPS) is 10.7. The molecule has 3 rings (SSSR count). The van der Waals surface area contributed by atoms with E-state index in [4.69, 9.17) is 4.74 Å². The van der Waals surface area contributed by atoms with E-state index >= 15 is 0 Å². The summed E-state index contributed by atoms with van der Waals surface area (Å²) in [7, 11) is 0. The van der Waals surface area contributed by atoms with Crippen LogP contribution < -0.4 is 10.1 Å². The molecule has 0 aliphatic carbocycles. The lowest BCUT2D eigenvalue weighted by atomic mass is 10.2. The lowest BCUT2D eigenvalue weighted by Gasteiger charge is -2.07. The van der Waals surface area contributed by atoms with Crippen LogP contribution in [-0.2, 0) is 11.4 Å². The van der Waals surface area contributed by atoms with Crippen LogP contribution in [-0.4, -0.2) is 11.0 Å². The summed E-state index contributed by atoms with van der Waals surface area (Å²) < 4.78 is 5.80. The summed E-state index contributed by atoms with van der Waals surface area (Å²) in [6, 6.07) is 22.5. The van der Waals surface area contributed by atoms with Gasteiger partial charge >= 0.3 is 0 Å². The third kappa shape index (κ3) is 5.47. The van der Waals surface area contributed by atoms with E-state index in [9.17, 15) is 9.90 Å². The molecule has 0 atom stereocenters. The summed E-state index contributed by atoms with van der Waals surface area (Å²) >= 11 is 0. The predicted octanol–water partition coefficient (Wildman–Crippen LogP) is 4.93. The molecule has 0 bridgehead atoms. The predicted molar refractivity (Wildman–Crippen MR) is 108 cm³/mol. The molecule has 0 aliphatic heterocycles. The number of nitrogens with one attached hydrogen (secondary N) is 1. The van der Waals surface area contributed by atoms with E-state index in [1.807, 2.05) is 61.5 Å². The number of aromatic hydroxyl groups is 1. The highest BCUT2D eigenvalue weighted by atomic mass is 16.5. The van der Waals surface area contributed by atoms with E-state index in [2.05, 4.69) is 5.32 Å². The number of phenolic OH excluding ortho intramolecular Hbond substituents is 1. The van der Waals surface area contributed by atoms with Gasteiger partial charge in [0.05, 0.1) is 5.69 Å². The van der Waals surface area contributed by atoms with Crippen LogP contribution in [0.2, 0.25) is 0 Å². The fraction of sp³-hybridized carbons (Fsp3) is 0.0870. The second kappa shape index (κ2) is 8.72. The Balaban J connectivity index is 1.61. The summed E-state index contributed by atoms with van der Waals surface area (Å²) in [5.74, 6) is 0.461. The average Bonchev–Trinajstić information content (AvgIpc) is 2.69. The summed E-state index contributed by atoms with van der Waals surface area (Å²) in [5, 5.41) is 12.5. The average molecular weight is 359 g/mol. The third-order valence-electron chi connectivity index (χ3n) is 3.94. The molecular weight excluding hydrogens is 338 g/mol. The summed E-state index contributed by atoms with van der Waals surface area (Å²) in [6.45, 7) is 2.38. The number of hydrogen-bond acceptors (Lipinski definition) is 3. The van der Waals surface area contributed by atoms with Gasteiger partial charge in [0.1, 0.15) is 18.1 Å². The first kappa shape index (κ1) is 18.3. The Kier molecular flexibility index (Phi) is 5.90. The van der Waals surface area contributed by atoms with Crippen molar-refractivity contribution in [3.63, 3.8) is 0 Å². The van der Waals surface area contributed by atoms with Crippen molar-refractivity contribution in [2.75, 3.05) is 5.32 Å². The van der Waals surface area contributed by atoms with Crippen molar-refractivity contribution in [3.8, 4) is 11.5 Å². The Hall–Kier alpha value is -3.53. The molecule has 0 aliphatic rings. The Morgan fingerprint density at radius 2 is 1.85 bits per heavy atom. The molecule has 0 spiro atoms. The number of phenols is 1. The molecule has 0 fully saturated rings. The van der Waals surface area contributed by atoms with Crippen LogP contribution in [0.1, 0.15) is 16.7 Å². The molecule has 136 valence electrons. The van der Waals surface area contributed by atoms with Gasteiger partial charge in [-0.15, -0.1) is 0 Å². The summed E-state index contributed by atoms with van der Waals surface area (Å²) in [4.78, 5) is 12.1. The van der Waals surface area contributed by atoms with Crippen molar-refractivity contribution in [2.45, 2.75) is 13.5 Å². The van der Waals surface area contributed by atoms with Gasteiger partial charge < -0.3 is 15.2 Å². The summed E-state index contributed by atoms with van der Waals surface area (Å²) in [5.41, 5.74) is 3.29. The number of anilines is 1. The first-order chi connectivity index (χ1) is 13.1. The molecule has 0 saturated carbocycles. The fourth-order valence-corrected chi connectivity index (χ4v) is 2.55. The van der Waals surface area contributed by atoms with Crippen LogP contribution >= 0.6 is 0 Å². The van der Waals surface area contributed by atoms with Gasteiger partial charge in [-0.2, -0.15) is 0 Å². The number of carbonyl (C=O) groups excluding carboxylic acids is 1. The summed E-state index contributed by atoms with van der Waals surface area (Å²) in [6.07, 6.45) is 3.13. The van der Waals surface area contributed by atoms with Crippen molar-refractivity contribution >= 4 is 17.7 Å². The third-order valence-corrected chi connectivity index (χ3v) is 3.94. The number of amides is 1. The highest BCUT2D eigenvalue weighted by Gasteiger charge is 2.04. The van der Waals surface area contributed by atoms with E-state index in [1.54, 1.807) is 24.3 Å². The van der Waals surface area contributed by atoms with Crippen LogP contribution in [0, 0.1) is 6.92 Å². The number of hydrogen-bond donors (Lipinski definition) is 2. The topological polar surface area (TPSA) is 58.6 Å². The molecule has 4 heteroatoms. The van der Waals surface area contributed by atoms with Gasteiger partial charge in [-0.1, -0.05) is 48.5 Å². The second-order valence-corrected chi connectivity index (χ2v) is 6.19. The zero-order chi connectivity index (χ0) is 19.1. The van der Waals surface area contributed by atoms with Gasteiger partial charge in [0.15, 0.2) is 0 Å². The van der Waals surface area contributed by atoms with Crippen molar-refractivity contribution in [1.29, 1.82) is 0 Å². The first-order valence-electron chi connectivity index (χ1n) is 8.65. The minimum Gasteiger partial charge on any atom is -0.506 e. The van der Waals surface area contributed by atoms with E-state index in [0.29, 0.717) is 12.3 Å². The highest BCUT2D eigenvalue weighted by molar-refractivity contribution is 6.02. The van der Waals surface area contributed by atoms with Gasteiger partial charge in [0, 0.05) is 6.08 Å². The van der Waals surface area contributed by atoms with Crippen molar-refractivity contribution in [2.24, 2.45) is 0 Å². The number of benzene rings is 3. The maximum Gasteiger partial charge on any atom is 0.248 e. The second-order valence-electron chi connectivity index (χ2n) is 6.19. The molecule has 27 heavy (non-hydrogen) atoms. The Bertz CT molecular complexity index is 949. The van der Waals surface area contributed by atoms with Gasteiger partial charge in [-0.25, -0.2) is 0 Å². The molecule has 3 aromatic rings. The van der Waals surface area contributed by atoms with Crippen LogP contribution in [0.5, 0.6) is 11.5 Å². The maximum atomic E-state index is 12.1.